The molecular weight excluding hydrogens is 210 g/mol. The summed E-state index contributed by atoms with van der Waals surface area (Å²) in [5.74, 6) is 0.911. The van der Waals surface area contributed by atoms with Crippen LogP contribution in [0.3, 0.4) is 0 Å². The van der Waals surface area contributed by atoms with Crippen LogP contribution in [0.4, 0.5) is 0 Å². The summed E-state index contributed by atoms with van der Waals surface area (Å²) in [4.78, 5) is 25.1. The highest BCUT2D eigenvalue weighted by molar-refractivity contribution is 8.00. The molecule has 3 nitrogen and oxygen atoms in total. The van der Waals surface area contributed by atoms with Crippen LogP contribution >= 0.6 is 11.8 Å². The highest BCUT2D eigenvalue weighted by Crippen LogP contribution is 2.30. The fraction of sp³-hybridized carbons (Fsp3) is 0.818. The molecule has 15 heavy (non-hydrogen) atoms. The minimum Gasteiger partial charge on any atom is -0.276 e. The third-order valence-corrected chi connectivity index (χ3v) is 3.71. The Kier molecular flexibility index (Phi) is 3.82. The van der Waals surface area contributed by atoms with Crippen molar-refractivity contribution < 1.29 is 9.59 Å². The lowest BCUT2D eigenvalue weighted by Gasteiger charge is -2.30. The molecular formula is C11H19NO2S. The van der Waals surface area contributed by atoms with Crippen molar-refractivity contribution in [2.75, 3.05) is 5.75 Å². The number of rotatable bonds is 3. The maximum Gasteiger partial charge on any atom is 0.243 e. The van der Waals surface area contributed by atoms with E-state index in [1.165, 1.54) is 4.90 Å². The summed E-state index contributed by atoms with van der Waals surface area (Å²) in [6, 6.07) is 0. The van der Waals surface area contributed by atoms with Crippen molar-refractivity contribution in [3.8, 4) is 0 Å². The first-order valence-electron chi connectivity index (χ1n) is 5.36. The Balaban J connectivity index is 2.71. The normalized spacial score (nSPS) is 22.7. The van der Waals surface area contributed by atoms with Gasteiger partial charge in [-0.1, -0.05) is 6.92 Å². The second-order valence-corrected chi connectivity index (χ2v) is 6.11. The quantitative estimate of drug-likeness (QED) is 0.695. The molecule has 86 valence electrons. The van der Waals surface area contributed by atoms with Crippen LogP contribution < -0.4 is 0 Å². The van der Waals surface area contributed by atoms with Crippen molar-refractivity contribution in [1.82, 2.24) is 4.90 Å². The van der Waals surface area contributed by atoms with Crippen LogP contribution in [0, 0.1) is 0 Å². The van der Waals surface area contributed by atoms with Crippen LogP contribution in [-0.4, -0.2) is 33.3 Å². The lowest BCUT2D eigenvalue weighted by atomic mass is 10.1. The maximum atomic E-state index is 12.0. The van der Waals surface area contributed by atoms with Gasteiger partial charge in [-0.25, -0.2) is 0 Å². The summed E-state index contributed by atoms with van der Waals surface area (Å²) in [6.07, 6.45) is 1.42. The molecule has 0 N–H and O–H groups in total. The molecule has 2 amide bonds. The van der Waals surface area contributed by atoms with E-state index < -0.39 is 0 Å². The van der Waals surface area contributed by atoms with Gasteiger partial charge in [-0.3, -0.25) is 14.5 Å². The lowest BCUT2D eigenvalue weighted by molar-refractivity contribution is -0.143. The first kappa shape index (κ1) is 12.6. The Hall–Kier alpha value is -0.510. The number of amides is 2. The number of carbonyl (C=O) groups excluding carboxylic acids is 2. The highest BCUT2D eigenvalue weighted by Gasteiger charge is 2.43. The predicted octanol–water partition coefficient (Wildman–Crippen LogP) is 2.06. The first-order chi connectivity index (χ1) is 6.88. The van der Waals surface area contributed by atoms with Crippen LogP contribution in [-0.2, 0) is 9.59 Å². The minimum absolute atomic E-state index is 0.00838. The van der Waals surface area contributed by atoms with Crippen LogP contribution in [0.1, 0.15) is 40.5 Å². The third-order valence-electron chi connectivity index (χ3n) is 2.30. The molecule has 1 aliphatic rings. The second-order valence-electron chi connectivity index (χ2n) is 4.80. The molecule has 0 aromatic heterocycles. The molecule has 1 heterocycles. The Labute approximate surface area is 95.6 Å². The largest absolute Gasteiger partial charge is 0.276 e. The zero-order valence-corrected chi connectivity index (χ0v) is 10.7. The summed E-state index contributed by atoms with van der Waals surface area (Å²) < 4.78 is 0. The van der Waals surface area contributed by atoms with Crippen molar-refractivity contribution in [2.45, 2.75) is 51.3 Å². The Morgan fingerprint density at radius 2 is 2.00 bits per heavy atom. The number of likely N-dealkylation sites (tertiary alicyclic amines) is 1. The van der Waals surface area contributed by atoms with Gasteiger partial charge in [0.25, 0.3) is 0 Å². The molecule has 1 saturated heterocycles. The van der Waals surface area contributed by atoms with E-state index >= 15 is 0 Å². The van der Waals surface area contributed by atoms with Crippen molar-refractivity contribution in [1.29, 1.82) is 0 Å². The summed E-state index contributed by atoms with van der Waals surface area (Å²) in [5, 5.41) is -0.142. The zero-order valence-electron chi connectivity index (χ0n) is 9.87. The van der Waals surface area contributed by atoms with E-state index in [9.17, 15) is 9.59 Å². The third kappa shape index (κ3) is 2.74. The molecule has 0 saturated carbocycles. The number of hydrogen-bond acceptors (Lipinski definition) is 3. The first-order valence-corrected chi connectivity index (χ1v) is 6.41. The van der Waals surface area contributed by atoms with Gasteiger partial charge in [-0.2, -0.15) is 0 Å². The standard InChI is InChI=1S/C11H19NO2S/c1-5-6-15-8-7-9(13)12(10(8)14)11(2,3)4/h8H,5-7H2,1-4H3/t8-/m0/s1. The van der Waals surface area contributed by atoms with Crippen molar-refractivity contribution >= 4 is 23.6 Å². The van der Waals surface area contributed by atoms with E-state index in [4.69, 9.17) is 0 Å². The van der Waals surface area contributed by atoms with E-state index in [-0.39, 0.29) is 22.6 Å². The molecule has 1 fully saturated rings. The number of imide groups is 1. The van der Waals surface area contributed by atoms with Crippen molar-refractivity contribution in [3.63, 3.8) is 0 Å². The summed E-state index contributed by atoms with van der Waals surface area (Å²) >= 11 is 1.60. The molecule has 0 aromatic rings. The molecule has 0 aromatic carbocycles. The second kappa shape index (κ2) is 4.56. The molecule has 0 bridgehead atoms. The number of hydrogen-bond donors (Lipinski definition) is 0. The summed E-state index contributed by atoms with van der Waals surface area (Å²) in [5.41, 5.74) is -0.379. The smallest absolute Gasteiger partial charge is 0.243 e. The van der Waals surface area contributed by atoms with Gasteiger partial charge in [0.2, 0.25) is 11.8 Å². The molecule has 0 radical (unpaired) electrons. The van der Waals surface area contributed by atoms with E-state index in [0.717, 1.165) is 12.2 Å². The number of carbonyl (C=O) groups is 2. The van der Waals surface area contributed by atoms with Gasteiger partial charge in [0, 0.05) is 12.0 Å². The molecule has 1 rings (SSSR count). The van der Waals surface area contributed by atoms with Gasteiger partial charge in [0.1, 0.15) is 0 Å². The lowest BCUT2D eigenvalue weighted by Crippen LogP contribution is -2.45. The van der Waals surface area contributed by atoms with Gasteiger partial charge in [0.05, 0.1) is 5.25 Å². The number of thioether (sulfide) groups is 1. The van der Waals surface area contributed by atoms with Gasteiger partial charge >= 0.3 is 0 Å². The Morgan fingerprint density at radius 3 is 2.40 bits per heavy atom. The average Bonchev–Trinajstić information content (AvgIpc) is 2.36. The van der Waals surface area contributed by atoms with Crippen LogP contribution in [0.5, 0.6) is 0 Å². The molecule has 0 spiro atoms. The Morgan fingerprint density at radius 1 is 1.40 bits per heavy atom. The van der Waals surface area contributed by atoms with E-state index in [2.05, 4.69) is 6.92 Å². The van der Waals surface area contributed by atoms with Gasteiger partial charge in [0.15, 0.2) is 0 Å². The van der Waals surface area contributed by atoms with Crippen LogP contribution in [0.2, 0.25) is 0 Å². The maximum absolute atomic E-state index is 12.0. The fourth-order valence-electron chi connectivity index (χ4n) is 1.70. The molecule has 1 aliphatic heterocycles. The SMILES string of the molecule is CCCS[C@H]1CC(=O)N(C(C)(C)C)C1=O. The molecule has 0 unspecified atom stereocenters. The van der Waals surface area contributed by atoms with Crippen molar-refractivity contribution in [3.05, 3.63) is 0 Å². The van der Waals surface area contributed by atoms with Gasteiger partial charge < -0.3 is 0 Å². The van der Waals surface area contributed by atoms with Gasteiger partial charge in [-0.05, 0) is 32.9 Å². The monoisotopic (exact) mass is 229 g/mol. The zero-order chi connectivity index (χ0) is 11.6. The Bertz CT molecular complexity index is 270. The van der Waals surface area contributed by atoms with Crippen molar-refractivity contribution in [2.24, 2.45) is 0 Å². The van der Waals surface area contributed by atoms with E-state index in [1.54, 1.807) is 11.8 Å². The highest BCUT2D eigenvalue weighted by atomic mass is 32.2. The molecule has 0 aliphatic carbocycles. The van der Waals surface area contributed by atoms with E-state index in [1.807, 2.05) is 20.8 Å². The average molecular weight is 229 g/mol. The van der Waals surface area contributed by atoms with Gasteiger partial charge in [-0.15, -0.1) is 11.8 Å². The summed E-state index contributed by atoms with van der Waals surface area (Å²) in [7, 11) is 0. The molecule has 4 heteroatoms. The summed E-state index contributed by atoms with van der Waals surface area (Å²) in [6.45, 7) is 7.77. The van der Waals surface area contributed by atoms with Crippen LogP contribution in [0.25, 0.3) is 0 Å². The predicted molar refractivity (Wildman–Crippen MR) is 62.8 cm³/mol. The topological polar surface area (TPSA) is 37.4 Å². The van der Waals surface area contributed by atoms with Crippen LogP contribution in [0.15, 0.2) is 0 Å². The van der Waals surface area contributed by atoms with E-state index in [0.29, 0.717) is 6.42 Å². The minimum atomic E-state index is -0.379. The molecule has 1 atom stereocenters. The fourth-order valence-corrected chi connectivity index (χ4v) is 2.73. The number of nitrogens with zero attached hydrogens (tertiary/aromatic N) is 1.